The fourth-order valence-electron chi connectivity index (χ4n) is 1.83. The van der Waals surface area contributed by atoms with E-state index in [0.29, 0.717) is 5.02 Å². The van der Waals surface area contributed by atoms with Gasteiger partial charge in [-0.25, -0.2) is 0 Å². The molecule has 0 radical (unpaired) electrons. The summed E-state index contributed by atoms with van der Waals surface area (Å²) in [5.74, 6) is -0.0890. The van der Waals surface area contributed by atoms with E-state index in [1.54, 1.807) is 24.3 Å². The molecule has 0 aliphatic rings. The van der Waals surface area contributed by atoms with Gasteiger partial charge < -0.3 is 10.6 Å². The molecule has 0 spiro atoms. The van der Waals surface area contributed by atoms with Gasteiger partial charge in [-0.05, 0) is 55.8 Å². The number of carbonyl (C=O) groups is 1. The number of hydrogen-bond donors (Lipinski definition) is 2. The van der Waals surface area contributed by atoms with Crippen molar-refractivity contribution < 1.29 is 4.79 Å². The lowest BCUT2D eigenvalue weighted by Crippen LogP contribution is -2.31. The normalized spacial score (nSPS) is 11.8. The summed E-state index contributed by atoms with van der Waals surface area (Å²) in [5, 5.41) is 6.67. The summed E-state index contributed by atoms with van der Waals surface area (Å²) in [5.41, 5.74) is 2.82. The van der Waals surface area contributed by atoms with Gasteiger partial charge in [0.05, 0.1) is 0 Å². The van der Waals surface area contributed by atoms with Gasteiger partial charge in [0.2, 0.25) is 5.91 Å². The van der Waals surface area contributed by atoms with Gasteiger partial charge in [0.25, 0.3) is 0 Å². The number of nitrogens with one attached hydrogen (secondary N) is 2. The van der Waals surface area contributed by atoms with E-state index >= 15 is 0 Å². The number of carbonyl (C=O) groups excluding carboxylic acids is 1. The Morgan fingerprint density at radius 1 is 1.10 bits per heavy atom. The topological polar surface area (TPSA) is 41.1 Å². The summed E-state index contributed by atoms with van der Waals surface area (Å²) < 4.78 is 0. The Morgan fingerprint density at radius 3 is 2.45 bits per heavy atom. The molecule has 0 unspecified atom stereocenters. The lowest BCUT2D eigenvalue weighted by molar-refractivity contribution is -0.116. The smallest absolute Gasteiger partial charge is 0.246 e. The molecule has 0 saturated carbocycles. The molecule has 0 saturated heterocycles. The van der Waals surface area contributed by atoms with Crippen LogP contribution in [0.1, 0.15) is 12.5 Å². The van der Waals surface area contributed by atoms with E-state index in [9.17, 15) is 4.79 Å². The molecule has 2 rings (SSSR count). The quantitative estimate of drug-likeness (QED) is 0.890. The van der Waals surface area contributed by atoms with Crippen LogP contribution in [0.15, 0.2) is 48.5 Å². The zero-order chi connectivity index (χ0) is 14.5. The van der Waals surface area contributed by atoms with Crippen molar-refractivity contribution in [1.29, 1.82) is 0 Å². The number of halogens is 1. The minimum Gasteiger partial charge on any atom is -0.374 e. The summed E-state index contributed by atoms with van der Waals surface area (Å²) in [4.78, 5) is 12.1. The van der Waals surface area contributed by atoms with E-state index in [-0.39, 0.29) is 11.9 Å². The van der Waals surface area contributed by atoms with Gasteiger partial charge in [-0.3, -0.25) is 4.79 Å². The molecule has 0 aliphatic heterocycles. The van der Waals surface area contributed by atoms with Crippen LogP contribution < -0.4 is 10.6 Å². The first-order valence-corrected chi connectivity index (χ1v) is 6.82. The van der Waals surface area contributed by atoms with Crippen molar-refractivity contribution in [1.82, 2.24) is 0 Å². The van der Waals surface area contributed by atoms with Crippen LogP contribution in [-0.2, 0) is 4.79 Å². The molecule has 3 nitrogen and oxygen atoms in total. The molecule has 1 atom stereocenters. The highest BCUT2D eigenvalue weighted by Gasteiger charge is 2.12. The number of hydrogen-bond acceptors (Lipinski definition) is 2. The van der Waals surface area contributed by atoms with Gasteiger partial charge in [0.1, 0.15) is 6.04 Å². The first-order chi connectivity index (χ1) is 9.54. The SMILES string of the molecule is Cc1cccc(N[C@@H](C)C(=O)Nc2ccc(Cl)cc2)c1. The highest BCUT2D eigenvalue weighted by molar-refractivity contribution is 6.30. The fraction of sp³-hybridized carbons (Fsp3) is 0.188. The molecule has 2 N–H and O–H groups in total. The summed E-state index contributed by atoms with van der Waals surface area (Å²) in [6.45, 7) is 3.84. The Labute approximate surface area is 124 Å². The monoisotopic (exact) mass is 288 g/mol. The Hall–Kier alpha value is -2.00. The number of aryl methyl sites for hydroxylation is 1. The van der Waals surface area contributed by atoms with E-state index in [0.717, 1.165) is 16.9 Å². The van der Waals surface area contributed by atoms with Crippen LogP contribution in [0.4, 0.5) is 11.4 Å². The van der Waals surface area contributed by atoms with Gasteiger partial charge in [0.15, 0.2) is 0 Å². The molecule has 0 aliphatic carbocycles. The van der Waals surface area contributed by atoms with E-state index < -0.39 is 0 Å². The molecule has 1 amide bonds. The molecule has 2 aromatic carbocycles. The standard InChI is InChI=1S/C16H17ClN2O/c1-11-4-3-5-15(10-11)18-12(2)16(20)19-14-8-6-13(17)7-9-14/h3-10,12,18H,1-2H3,(H,19,20)/t12-/m0/s1. The number of anilines is 2. The van der Waals surface area contributed by atoms with E-state index in [4.69, 9.17) is 11.6 Å². The van der Waals surface area contributed by atoms with Crippen molar-refractivity contribution >= 4 is 28.9 Å². The van der Waals surface area contributed by atoms with Crippen LogP contribution in [0.25, 0.3) is 0 Å². The number of benzene rings is 2. The maximum absolute atomic E-state index is 12.1. The summed E-state index contributed by atoms with van der Waals surface area (Å²) in [7, 11) is 0. The Morgan fingerprint density at radius 2 is 1.80 bits per heavy atom. The Balaban J connectivity index is 1.96. The summed E-state index contributed by atoms with van der Waals surface area (Å²) >= 11 is 5.81. The average Bonchev–Trinajstić information content (AvgIpc) is 2.41. The molecule has 0 aromatic heterocycles. The van der Waals surface area contributed by atoms with E-state index in [2.05, 4.69) is 10.6 Å². The molecule has 2 aromatic rings. The van der Waals surface area contributed by atoms with Gasteiger partial charge in [-0.1, -0.05) is 23.7 Å². The molecular weight excluding hydrogens is 272 g/mol. The second-order valence-corrected chi connectivity index (χ2v) is 5.17. The Bertz CT molecular complexity index is 596. The van der Waals surface area contributed by atoms with Gasteiger partial charge in [0, 0.05) is 16.4 Å². The lowest BCUT2D eigenvalue weighted by atomic mass is 10.2. The summed E-state index contributed by atoms with van der Waals surface area (Å²) in [6.07, 6.45) is 0. The third-order valence-corrected chi connectivity index (χ3v) is 3.16. The minimum atomic E-state index is -0.326. The highest BCUT2D eigenvalue weighted by Crippen LogP contribution is 2.15. The van der Waals surface area contributed by atoms with Crippen molar-refractivity contribution in [3.05, 3.63) is 59.1 Å². The van der Waals surface area contributed by atoms with Crippen molar-refractivity contribution in [2.75, 3.05) is 10.6 Å². The van der Waals surface area contributed by atoms with Crippen LogP contribution in [0.2, 0.25) is 5.02 Å². The van der Waals surface area contributed by atoms with Gasteiger partial charge >= 0.3 is 0 Å². The molecule has 0 fully saturated rings. The van der Waals surface area contributed by atoms with Crippen LogP contribution in [0.5, 0.6) is 0 Å². The van der Waals surface area contributed by atoms with Crippen LogP contribution >= 0.6 is 11.6 Å². The van der Waals surface area contributed by atoms with Gasteiger partial charge in [-0.2, -0.15) is 0 Å². The van der Waals surface area contributed by atoms with Crippen LogP contribution in [0.3, 0.4) is 0 Å². The maximum Gasteiger partial charge on any atom is 0.246 e. The predicted molar refractivity (Wildman–Crippen MR) is 84.3 cm³/mol. The lowest BCUT2D eigenvalue weighted by Gasteiger charge is -2.15. The van der Waals surface area contributed by atoms with Crippen LogP contribution in [0, 0.1) is 6.92 Å². The molecule has 20 heavy (non-hydrogen) atoms. The molecular formula is C16H17ClN2O. The largest absolute Gasteiger partial charge is 0.374 e. The van der Waals surface area contributed by atoms with Gasteiger partial charge in [-0.15, -0.1) is 0 Å². The fourth-order valence-corrected chi connectivity index (χ4v) is 1.96. The van der Waals surface area contributed by atoms with Crippen molar-refractivity contribution in [2.45, 2.75) is 19.9 Å². The van der Waals surface area contributed by atoms with Crippen LogP contribution in [-0.4, -0.2) is 11.9 Å². The molecule has 104 valence electrons. The molecule has 0 heterocycles. The number of rotatable bonds is 4. The second-order valence-electron chi connectivity index (χ2n) is 4.73. The van der Waals surface area contributed by atoms with Crippen molar-refractivity contribution in [3.63, 3.8) is 0 Å². The van der Waals surface area contributed by atoms with Crippen molar-refractivity contribution in [2.24, 2.45) is 0 Å². The zero-order valence-corrected chi connectivity index (χ0v) is 12.2. The number of amides is 1. The maximum atomic E-state index is 12.1. The third kappa shape index (κ3) is 4.00. The summed E-state index contributed by atoms with van der Waals surface area (Å²) in [6, 6.07) is 14.6. The third-order valence-electron chi connectivity index (χ3n) is 2.91. The predicted octanol–water partition coefficient (Wildman–Crippen LogP) is 4.09. The zero-order valence-electron chi connectivity index (χ0n) is 11.5. The van der Waals surface area contributed by atoms with E-state index in [1.165, 1.54) is 0 Å². The first-order valence-electron chi connectivity index (χ1n) is 6.44. The van der Waals surface area contributed by atoms with Crippen molar-refractivity contribution in [3.8, 4) is 0 Å². The first kappa shape index (κ1) is 14.4. The Kier molecular flexibility index (Phi) is 4.64. The van der Waals surface area contributed by atoms with E-state index in [1.807, 2.05) is 38.1 Å². The minimum absolute atomic E-state index is 0.0890. The average molecular weight is 289 g/mol. The second kappa shape index (κ2) is 6.44. The molecule has 4 heteroatoms. The highest BCUT2D eigenvalue weighted by atomic mass is 35.5. The molecule has 0 bridgehead atoms.